The molecule has 0 aliphatic heterocycles. The highest BCUT2D eigenvalue weighted by Gasteiger charge is 2.29. The van der Waals surface area contributed by atoms with Gasteiger partial charge in [-0.05, 0) is 110 Å². The van der Waals surface area contributed by atoms with E-state index in [1.807, 2.05) is 18.2 Å². The Morgan fingerprint density at radius 1 is 0.735 bits per heavy atom. The van der Waals surface area contributed by atoms with E-state index >= 15 is 8.78 Å². The maximum Gasteiger partial charge on any atom is 0.165 e. The Morgan fingerprint density at radius 3 is 1.79 bits per heavy atom. The second kappa shape index (κ2) is 11.6. The maximum atomic E-state index is 15.1. The SMILES string of the molecule is CCCc1ccc(OCC2CCC(c3ccc(C4CCC(CC)CC4)c(F)c3F)CC2)c(F)c1. The summed E-state index contributed by atoms with van der Waals surface area (Å²) in [5.74, 6) is -0.0178. The molecule has 2 aliphatic rings. The van der Waals surface area contributed by atoms with Crippen molar-refractivity contribution in [3.05, 3.63) is 64.5 Å². The Hall–Kier alpha value is -1.97. The van der Waals surface area contributed by atoms with Gasteiger partial charge in [0.2, 0.25) is 0 Å². The summed E-state index contributed by atoms with van der Waals surface area (Å²) < 4.78 is 50.2. The maximum absolute atomic E-state index is 15.1. The molecule has 0 saturated heterocycles. The highest BCUT2D eigenvalue weighted by atomic mass is 19.2. The van der Waals surface area contributed by atoms with Crippen LogP contribution >= 0.6 is 0 Å². The largest absolute Gasteiger partial charge is 0.490 e. The van der Waals surface area contributed by atoms with E-state index in [2.05, 4.69) is 13.8 Å². The van der Waals surface area contributed by atoms with Gasteiger partial charge in [0, 0.05) is 0 Å². The Kier molecular flexibility index (Phi) is 8.60. The summed E-state index contributed by atoms with van der Waals surface area (Å²) in [5, 5.41) is 0. The van der Waals surface area contributed by atoms with Crippen molar-refractivity contribution in [3.63, 3.8) is 0 Å². The zero-order valence-electron chi connectivity index (χ0n) is 20.7. The van der Waals surface area contributed by atoms with Gasteiger partial charge < -0.3 is 4.74 Å². The molecule has 2 saturated carbocycles. The van der Waals surface area contributed by atoms with Crippen LogP contribution in [0, 0.1) is 29.3 Å². The third kappa shape index (κ3) is 5.80. The third-order valence-corrected chi connectivity index (χ3v) is 8.30. The van der Waals surface area contributed by atoms with Crippen molar-refractivity contribution < 1.29 is 17.9 Å². The summed E-state index contributed by atoms with van der Waals surface area (Å²) >= 11 is 0. The lowest BCUT2D eigenvalue weighted by Crippen LogP contribution is -2.21. The summed E-state index contributed by atoms with van der Waals surface area (Å²) in [6, 6.07) is 8.90. The number of halogens is 3. The minimum Gasteiger partial charge on any atom is -0.490 e. The second-order valence-corrected chi connectivity index (χ2v) is 10.5. The van der Waals surface area contributed by atoms with Crippen LogP contribution in [0.4, 0.5) is 13.2 Å². The molecule has 0 radical (unpaired) electrons. The van der Waals surface area contributed by atoms with Crippen LogP contribution in [0.2, 0.25) is 0 Å². The number of aryl methyl sites for hydroxylation is 1. The zero-order valence-corrected chi connectivity index (χ0v) is 20.7. The molecule has 0 unspecified atom stereocenters. The number of hydrogen-bond acceptors (Lipinski definition) is 1. The van der Waals surface area contributed by atoms with Gasteiger partial charge >= 0.3 is 0 Å². The zero-order chi connectivity index (χ0) is 24.1. The van der Waals surface area contributed by atoms with E-state index in [-0.39, 0.29) is 17.7 Å². The average molecular weight is 473 g/mol. The van der Waals surface area contributed by atoms with E-state index in [0.717, 1.165) is 75.7 Å². The average Bonchev–Trinajstić information content (AvgIpc) is 2.86. The predicted molar refractivity (Wildman–Crippen MR) is 132 cm³/mol. The molecule has 186 valence electrons. The molecule has 0 aromatic heterocycles. The van der Waals surface area contributed by atoms with Crippen molar-refractivity contribution in [2.24, 2.45) is 11.8 Å². The van der Waals surface area contributed by atoms with Gasteiger partial charge in [-0.1, -0.05) is 44.9 Å². The molecule has 0 atom stereocenters. The number of ether oxygens (including phenoxy) is 1. The quantitative estimate of drug-likeness (QED) is 0.372. The standard InChI is InChI=1S/C30H39F3O/c1-3-5-21-10-17-28(27(31)18-21)34-19-22-8-13-24(14-9-22)26-16-15-25(29(32)30(26)33)23-11-6-20(4-2)7-12-23/h10,15-18,20,22-24H,3-9,11-14,19H2,1-2H3. The smallest absolute Gasteiger partial charge is 0.165 e. The van der Waals surface area contributed by atoms with Crippen molar-refractivity contribution in [2.45, 2.75) is 96.3 Å². The molecule has 2 fully saturated rings. The molecule has 4 rings (SSSR count). The van der Waals surface area contributed by atoms with Gasteiger partial charge in [0.15, 0.2) is 23.2 Å². The van der Waals surface area contributed by atoms with Crippen LogP contribution in [-0.2, 0) is 6.42 Å². The number of hydrogen-bond donors (Lipinski definition) is 0. The molecule has 0 N–H and O–H groups in total. The molecule has 0 amide bonds. The fourth-order valence-corrected chi connectivity index (χ4v) is 6.04. The molecular formula is C30H39F3O. The van der Waals surface area contributed by atoms with Crippen LogP contribution in [0.5, 0.6) is 5.75 Å². The van der Waals surface area contributed by atoms with Gasteiger partial charge in [0.05, 0.1) is 6.61 Å². The van der Waals surface area contributed by atoms with Gasteiger partial charge in [-0.3, -0.25) is 0 Å². The summed E-state index contributed by atoms with van der Waals surface area (Å²) in [7, 11) is 0. The molecule has 1 nitrogen and oxygen atoms in total. The van der Waals surface area contributed by atoms with Gasteiger partial charge in [-0.25, -0.2) is 13.2 Å². The monoisotopic (exact) mass is 472 g/mol. The van der Waals surface area contributed by atoms with E-state index < -0.39 is 11.6 Å². The first-order valence-corrected chi connectivity index (χ1v) is 13.4. The van der Waals surface area contributed by atoms with Gasteiger partial charge in [-0.2, -0.15) is 0 Å². The van der Waals surface area contributed by atoms with E-state index in [0.29, 0.717) is 29.4 Å². The van der Waals surface area contributed by atoms with Crippen molar-refractivity contribution in [2.75, 3.05) is 6.61 Å². The lowest BCUT2D eigenvalue weighted by Gasteiger charge is -2.31. The van der Waals surface area contributed by atoms with Crippen molar-refractivity contribution in [1.29, 1.82) is 0 Å². The van der Waals surface area contributed by atoms with Gasteiger partial charge in [-0.15, -0.1) is 0 Å². The van der Waals surface area contributed by atoms with E-state index in [4.69, 9.17) is 4.74 Å². The Morgan fingerprint density at radius 2 is 1.29 bits per heavy atom. The van der Waals surface area contributed by atoms with Gasteiger partial charge in [0.25, 0.3) is 0 Å². The molecule has 0 heterocycles. The van der Waals surface area contributed by atoms with Crippen LogP contribution < -0.4 is 4.74 Å². The fourth-order valence-electron chi connectivity index (χ4n) is 6.04. The Balaban J connectivity index is 1.31. The topological polar surface area (TPSA) is 9.23 Å². The number of rotatable bonds is 8. The summed E-state index contributed by atoms with van der Waals surface area (Å²) in [6.45, 7) is 4.75. The molecule has 2 aromatic carbocycles. The van der Waals surface area contributed by atoms with E-state index in [9.17, 15) is 4.39 Å². The highest BCUT2D eigenvalue weighted by molar-refractivity contribution is 5.32. The molecule has 2 aliphatic carbocycles. The molecule has 0 spiro atoms. The van der Waals surface area contributed by atoms with Crippen molar-refractivity contribution in [3.8, 4) is 5.75 Å². The molecule has 2 aromatic rings. The summed E-state index contributed by atoms with van der Waals surface area (Å²) in [5.41, 5.74) is 2.09. The van der Waals surface area contributed by atoms with Crippen LogP contribution in [-0.4, -0.2) is 6.61 Å². The molecule has 4 heteroatoms. The molecular weight excluding hydrogens is 433 g/mol. The summed E-state index contributed by atoms with van der Waals surface area (Å²) in [6.07, 6.45) is 10.5. The lowest BCUT2D eigenvalue weighted by molar-refractivity contribution is 0.193. The minimum absolute atomic E-state index is 0.0423. The van der Waals surface area contributed by atoms with Crippen LogP contribution in [0.3, 0.4) is 0 Å². The Labute approximate surface area is 203 Å². The lowest BCUT2D eigenvalue weighted by atomic mass is 9.76. The fraction of sp³-hybridized carbons (Fsp3) is 0.600. The minimum atomic E-state index is -0.635. The van der Waals surface area contributed by atoms with Crippen LogP contribution in [0.1, 0.15) is 107 Å². The summed E-state index contributed by atoms with van der Waals surface area (Å²) in [4.78, 5) is 0. The van der Waals surface area contributed by atoms with Crippen molar-refractivity contribution >= 4 is 0 Å². The first-order chi connectivity index (χ1) is 16.5. The third-order valence-electron chi connectivity index (χ3n) is 8.30. The normalized spacial score (nSPS) is 25.3. The first kappa shape index (κ1) is 25.1. The second-order valence-electron chi connectivity index (χ2n) is 10.5. The molecule has 0 bridgehead atoms. The number of benzene rings is 2. The van der Waals surface area contributed by atoms with Crippen LogP contribution in [0.25, 0.3) is 0 Å². The first-order valence-electron chi connectivity index (χ1n) is 13.4. The predicted octanol–water partition coefficient (Wildman–Crippen LogP) is 9.09. The van der Waals surface area contributed by atoms with Gasteiger partial charge in [0.1, 0.15) is 0 Å². The van der Waals surface area contributed by atoms with Crippen LogP contribution in [0.15, 0.2) is 30.3 Å². The highest BCUT2D eigenvalue weighted by Crippen LogP contribution is 2.42. The Bertz CT molecular complexity index is 940. The van der Waals surface area contributed by atoms with E-state index in [1.54, 1.807) is 12.1 Å². The van der Waals surface area contributed by atoms with Crippen molar-refractivity contribution in [1.82, 2.24) is 0 Å². The van der Waals surface area contributed by atoms with E-state index in [1.165, 1.54) is 6.42 Å². The molecule has 34 heavy (non-hydrogen) atoms.